The average molecular weight is 390 g/mol. The molecule has 4 aromatic rings. The minimum absolute atomic E-state index is 0.157. The molecular weight excluding hydrogens is 362 g/mol. The van der Waals surface area contributed by atoms with Gasteiger partial charge < -0.3 is 9.88 Å². The first-order valence-electron chi connectivity index (χ1n) is 10.1. The standard InChI is InChI=1S/C23H27N5O/c1-14(2)13-27-9-8-17-10-19(6-7-21(17)27)26-23(29)20-11-18-12-24-28(15(3)4)22(18)25-16(20)5/h6-12,14-15H,13H2,1-5H3,(H,26,29). The van der Waals surface area contributed by atoms with Crippen molar-refractivity contribution in [3.63, 3.8) is 0 Å². The monoisotopic (exact) mass is 389 g/mol. The SMILES string of the molecule is Cc1nc2c(cnn2C(C)C)cc1C(=O)Nc1ccc2c(ccn2CC(C)C)c1. The van der Waals surface area contributed by atoms with Gasteiger partial charge in [-0.25, -0.2) is 9.67 Å². The predicted molar refractivity (Wildman–Crippen MR) is 117 cm³/mol. The first kappa shape index (κ1) is 19.2. The molecule has 0 fully saturated rings. The Kier molecular flexibility index (Phi) is 4.86. The third kappa shape index (κ3) is 3.62. The van der Waals surface area contributed by atoms with Crippen molar-refractivity contribution >= 4 is 33.5 Å². The zero-order valence-corrected chi connectivity index (χ0v) is 17.6. The summed E-state index contributed by atoms with van der Waals surface area (Å²) in [7, 11) is 0. The van der Waals surface area contributed by atoms with Crippen molar-refractivity contribution in [2.45, 2.75) is 47.2 Å². The Hall–Kier alpha value is -3.15. The van der Waals surface area contributed by atoms with E-state index >= 15 is 0 Å². The van der Waals surface area contributed by atoms with Crippen LogP contribution in [-0.2, 0) is 6.54 Å². The van der Waals surface area contributed by atoms with Gasteiger partial charge in [-0.05, 0) is 57.0 Å². The lowest BCUT2D eigenvalue weighted by molar-refractivity contribution is 0.102. The number of anilines is 1. The highest BCUT2D eigenvalue weighted by Gasteiger charge is 2.16. The Bertz CT molecular complexity index is 1200. The van der Waals surface area contributed by atoms with E-state index in [1.54, 1.807) is 6.20 Å². The quantitative estimate of drug-likeness (QED) is 0.511. The van der Waals surface area contributed by atoms with Crippen LogP contribution in [0.3, 0.4) is 0 Å². The van der Waals surface area contributed by atoms with Crippen LogP contribution in [0.1, 0.15) is 49.8 Å². The van der Waals surface area contributed by atoms with Gasteiger partial charge in [0.1, 0.15) is 0 Å². The first-order valence-corrected chi connectivity index (χ1v) is 10.1. The molecule has 0 aliphatic heterocycles. The molecule has 0 unspecified atom stereocenters. The maximum absolute atomic E-state index is 12.9. The van der Waals surface area contributed by atoms with Crippen LogP contribution in [0.4, 0.5) is 5.69 Å². The molecule has 0 saturated heterocycles. The number of nitrogens with one attached hydrogen (secondary N) is 1. The number of aryl methyl sites for hydroxylation is 1. The van der Waals surface area contributed by atoms with Gasteiger partial charge in [0.05, 0.1) is 17.5 Å². The molecule has 0 bridgehead atoms. The van der Waals surface area contributed by atoms with Gasteiger partial charge in [-0.15, -0.1) is 0 Å². The molecule has 3 heterocycles. The van der Waals surface area contributed by atoms with Crippen molar-refractivity contribution in [3.05, 3.63) is 54.0 Å². The molecule has 1 aromatic carbocycles. The second kappa shape index (κ2) is 7.35. The number of pyridine rings is 1. The molecule has 3 aromatic heterocycles. The minimum Gasteiger partial charge on any atom is -0.347 e. The number of carbonyl (C=O) groups is 1. The third-order valence-electron chi connectivity index (χ3n) is 5.08. The number of aromatic nitrogens is 4. The number of hydrogen-bond donors (Lipinski definition) is 1. The van der Waals surface area contributed by atoms with Crippen LogP contribution >= 0.6 is 0 Å². The van der Waals surface area contributed by atoms with Crippen LogP contribution < -0.4 is 5.32 Å². The van der Waals surface area contributed by atoms with Crippen LogP contribution in [0.5, 0.6) is 0 Å². The summed E-state index contributed by atoms with van der Waals surface area (Å²) in [5.41, 5.74) is 4.03. The van der Waals surface area contributed by atoms with Crippen molar-refractivity contribution in [2.75, 3.05) is 5.32 Å². The lowest BCUT2D eigenvalue weighted by Gasteiger charge is -2.11. The molecule has 6 heteroatoms. The lowest BCUT2D eigenvalue weighted by Crippen LogP contribution is -2.14. The summed E-state index contributed by atoms with van der Waals surface area (Å²) in [4.78, 5) is 17.6. The molecule has 4 rings (SSSR count). The van der Waals surface area contributed by atoms with E-state index in [0.717, 1.165) is 28.7 Å². The van der Waals surface area contributed by atoms with Crippen molar-refractivity contribution < 1.29 is 4.79 Å². The largest absolute Gasteiger partial charge is 0.347 e. The maximum atomic E-state index is 12.9. The van der Waals surface area contributed by atoms with Gasteiger partial charge in [0.2, 0.25) is 0 Å². The number of fused-ring (bicyclic) bond motifs is 2. The Morgan fingerprint density at radius 2 is 1.90 bits per heavy atom. The lowest BCUT2D eigenvalue weighted by atomic mass is 10.1. The van der Waals surface area contributed by atoms with Crippen molar-refractivity contribution in [1.82, 2.24) is 19.3 Å². The molecule has 0 saturated carbocycles. The fraction of sp³-hybridized carbons (Fsp3) is 0.348. The first-order chi connectivity index (χ1) is 13.8. The summed E-state index contributed by atoms with van der Waals surface area (Å²) in [6.07, 6.45) is 3.87. The second-order valence-corrected chi connectivity index (χ2v) is 8.31. The van der Waals surface area contributed by atoms with Crippen molar-refractivity contribution in [2.24, 2.45) is 5.92 Å². The molecular formula is C23H27N5O. The Morgan fingerprint density at radius 1 is 1.10 bits per heavy atom. The fourth-order valence-electron chi connectivity index (χ4n) is 3.70. The number of nitrogens with zero attached hydrogens (tertiary/aromatic N) is 4. The van der Waals surface area contributed by atoms with E-state index in [-0.39, 0.29) is 11.9 Å². The number of carbonyl (C=O) groups excluding carboxylic acids is 1. The molecule has 0 radical (unpaired) electrons. The van der Waals surface area contributed by atoms with E-state index in [0.29, 0.717) is 17.2 Å². The number of rotatable bonds is 5. The molecule has 0 atom stereocenters. The number of benzene rings is 1. The zero-order chi connectivity index (χ0) is 20.7. The topological polar surface area (TPSA) is 64.7 Å². The van der Waals surface area contributed by atoms with Crippen LogP contribution in [0.25, 0.3) is 21.9 Å². The summed E-state index contributed by atoms with van der Waals surface area (Å²) < 4.78 is 4.12. The summed E-state index contributed by atoms with van der Waals surface area (Å²) >= 11 is 0. The highest BCUT2D eigenvalue weighted by atomic mass is 16.1. The third-order valence-corrected chi connectivity index (χ3v) is 5.08. The van der Waals surface area contributed by atoms with E-state index in [4.69, 9.17) is 0 Å². The zero-order valence-electron chi connectivity index (χ0n) is 17.6. The number of hydrogen-bond acceptors (Lipinski definition) is 3. The minimum atomic E-state index is -0.157. The van der Waals surface area contributed by atoms with Crippen LogP contribution in [0.15, 0.2) is 42.7 Å². The van der Waals surface area contributed by atoms with Crippen LogP contribution in [-0.4, -0.2) is 25.2 Å². The van der Waals surface area contributed by atoms with Gasteiger partial charge in [0.25, 0.3) is 5.91 Å². The van der Waals surface area contributed by atoms with Gasteiger partial charge in [-0.1, -0.05) is 13.8 Å². The van der Waals surface area contributed by atoms with Crippen molar-refractivity contribution in [3.8, 4) is 0 Å². The highest BCUT2D eigenvalue weighted by Crippen LogP contribution is 2.23. The van der Waals surface area contributed by atoms with E-state index in [1.165, 1.54) is 5.52 Å². The predicted octanol–water partition coefficient (Wildman–Crippen LogP) is 5.18. The molecule has 0 aliphatic carbocycles. The highest BCUT2D eigenvalue weighted by molar-refractivity contribution is 6.07. The van der Waals surface area contributed by atoms with Crippen molar-refractivity contribution in [1.29, 1.82) is 0 Å². The fourth-order valence-corrected chi connectivity index (χ4v) is 3.70. The van der Waals surface area contributed by atoms with Gasteiger partial charge in [0, 0.05) is 40.8 Å². The number of amides is 1. The van der Waals surface area contributed by atoms with Crippen LogP contribution in [0.2, 0.25) is 0 Å². The van der Waals surface area contributed by atoms with E-state index in [1.807, 2.05) is 29.8 Å². The molecule has 29 heavy (non-hydrogen) atoms. The van der Waals surface area contributed by atoms with Gasteiger partial charge in [0.15, 0.2) is 5.65 Å². The normalized spacial score (nSPS) is 11.8. The summed E-state index contributed by atoms with van der Waals surface area (Å²) in [5, 5.41) is 9.41. The summed E-state index contributed by atoms with van der Waals surface area (Å²) in [5.74, 6) is 0.422. The molecule has 1 N–H and O–H groups in total. The Balaban J connectivity index is 1.61. The molecule has 150 valence electrons. The maximum Gasteiger partial charge on any atom is 0.257 e. The average Bonchev–Trinajstić information content (AvgIpc) is 3.24. The van der Waals surface area contributed by atoms with Gasteiger partial charge in [-0.3, -0.25) is 4.79 Å². The molecule has 1 amide bonds. The smallest absolute Gasteiger partial charge is 0.257 e. The van der Waals surface area contributed by atoms with Gasteiger partial charge >= 0.3 is 0 Å². The molecule has 0 aliphatic rings. The molecule has 6 nitrogen and oxygen atoms in total. The Morgan fingerprint density at radius 3 is 2.62 bits per heavy atom. The van der Waals surface area contributed by atoms with Gasteiger partial charge in [-0.2, -0.15) is 5.10 Å². The van der Waals surface area contributed by atoms with E-state index in [2.05, 4.69) is 66.0 Å². The summed E-state index contributed by atoms with van der Waals surface area (Å²) in [6.45, 7) is 11.4. The van der Waals surface area contributed by atoms with Crippen LogP contribution in [0, 0.1) is 12.8 Å². The summed E-state index contributed by atoms with van der Waals surface area (Å²) in [6, 6.07) is 10.2. The molecule has 0 spiro atoms. The Labute approximate surface area is 170 Å². The second-order valence-electron chi connectivity index (χ2n) is 8.31. The van der Waals surface area contributed by atoms with E-state index < -0.39 is 0 Å². The van der Waals surface area contributed by atoms with E-state index in [9.17, 15) is 4.79 Å².